The lowest BCUT2D eigenvalue weighted by atomic mass is 9.91. The summed E-state index contributed by atoms with van der Waals surface area (Å²) in [6, 6.07) is 5.12. The van der Waals surface area contributed by atoms with Gasteiger partial charge in [-0.1, -0.05) is 11.6 Å². The number of methoxy groups -OCH3 is 1. The number of benzene rings is 1. The van der Waals surface area contributed by atoms with Crippen molar-refractivity contribution in [3.05, 3.63) is 28.8 Å². The Morgan fingerprint density at radius 3 is 2.87 bits per heavy atom. The Kier molecular flexibility index (Phi) is 5.49. The van der Waals surface area contributed by atoms with Gasteiger partial charge < -0.3 is 20.1 Å². The summed E-state index contributed by atoms with van der Waals surface area (Å²) in [5, 5.41) is 13.8. The topological polar surface area (TPSA) is 78.9 Å². The number of aliphatic hydroxyl groups is 1. The van der Waals surface area contributed by atoms with Crippen LogP contribution in [0.1, 0.15) is 25.3 Å². The van der Waals surface area contributed by atoms with Crippen molar-refractivity contribution in [2.45, 2.75) is 31.9 Å². The van der Waals surface area contributed by atoms with Crippen molar-refractivity contribution in [3.8, 4) is 5.75 Å². The van der Waals surface area contributed by atoms with Crippen molar-refractivity contribution < 1.29 is 19.4 Å². The van der Waals surface area contributed by atoms with Crippen molar-refractivity contribution >= 4 is 23.4 Å². The molecule has 1 aromatic rings. The van der Waals surface area contributed by atoms with E-state index in [0.29, 0.717) is 30.2 Å². The minimum Gasteiger partial charge on any atom is -0.496 e. The summed E-state index contributed by atoms with van der Waals surface area (Å²) in [6.45, 7) is 2.19. The van der Waals surface area contributed by atoms with Gasteiger partial charge in [-0.25, -0.2) is 0 Å². The monoisotopic (exact) mass is 340 g/mol. The summed E-state index contributed by atoms with van der Waals surface area (Å²) in [6.07, 6.45) is 0.916. The van der Waals surface area contributed by atoms with Crippen LogP contribution in [0.2, 0.25) is 5.02 Å². The molecule has 1 atom stereocenters. The van der Waals surface area contributed by atoms with E-state index in [9.17, 15) is 14.7 Å². The molecule has 2 N–H and O–H groups in total. The van der Waals surface area contributed by atoms with Crippen LogP contribution >= 0.6 is 11.6 Å². The second kappa shape index (κ2) is 7.19. The van der Waals surface area contributed by atoms with E-state index in [-0.39, 0.29) is 19.0 Å². The first-order valence-corrected chi connectivity index (χ1v) is 7.82. The van der Waals surface area contributed by atoms with E-state index in [1.54, 1.807) is 18.2 Å². The largest absolute Gasteiger partial charge is 0.496 e. The van der Waals surface area contributed by atoms with Crippen LogP contribution in [0.4, 0.5) is 0 Å². The highest BCUT2D eigenvalue weighted by Crippen LogP contribution is 2.24. The summed E-state index contributed by atoms with van der Waals surface area (Å²) in [5.41, 5.74) is -0.841. The van der Waals surface area contributed by atoms with Crippen LogP contribution in [0.25, 0.3) is 0 Å². The number of hydrogen-bond donors (Lipinski definition) is 2. The predicted octanol–water partition coefficient (Wildman–Crippen LogP) is 1.34. The van der Waals surface area contributed by atoms with E-state index in [2.05, 4.69) is 5.32 Å². The molecule has 7 heteroatoms. The average Bonchev–Trinajstić information content (AvgIpc) is 2.52. The second-order valence-corrected chi connectivity index (χ2v) is 6.15. The van der Waals surface area contributed by atoms with Gasteiger partial charge in [0, 0.05) is 30.6 Å². The van der Waals surface area contributed by atoms with Gasteiger partial charge >= 0.3 is 0 Å². The zero-order valence-electron chi connectivity index (χ0n) is 13.3. The molecule has 1 saturated heterocycles. The number of piperidine rings is 1. The Labute approximate surface area is 140 Å². The van der Waals surface area contributed by atoms with Gasteiger partial charge in [0.15, 0.2) is 5.60 Å². The van der Waals surface area contributed by atoms with Gasteiger partial charge in [0.2, 0.25) is 5.91 Å². The number of rotatable bonds is 4. The molecule has 1 aliphatic rings. The summed E-state index contributed by atoms with van der Waals surface area (Å²) in [5.74, 6) is -0.0337. The molecule has 0 unspecified atom stereocenters. The number of halogens is 1. The number of amides is 2. The SMILES string of the molecule is COc1ccc(Cl)cc1CNC(=O)[C@]1(O)CCCN(C(C)=O)C1. The van der Waals surface area contributed by atoms with E-state index in [4.69, 9.17) is 16.3 Å². The van der Waals surface area contributed by atoms with Crippen LogP contribution in [-0.2, 0) is 16.1 Å². The molecular formula is C16H21ClN2O4. The zero-order chi connectivity index (χ0) is 17.0. The third kappa shape index (κ3) is 4.14. The number of nitrogens with zero attached hydrogens (tertiary/aromatic N) is 1. The number of hydrogen-bond acceptors (Lipinski definition) is 4. The van der Waals surface area contributed by atoms with Crippen molar-refractivity contribution in [1.29, 1.82) is 0 Å². The summed E-state index contributed by atoms with van der Waals surface area (Å²) in [7, 11) is 1.54. The van der Waals surface area contributed by atoms with Gasteiger partial charge in [-0.3, -0.25) is 9.59 Å². The Morgan fingerprint density at radius 1 is 1.48 bits per heavy atom. The fourth-order valence-corrected chi connectivity index (χ4v) is 2.91. The Bertz CT molecular complexity index is 608. The molecule has 1 aromatic carbocycles. The van der Waals surface area contributed by atoms with Crippen LogP contribution in [0.3, 0.4) is 0 Å². The molecule has 1 aliphatic heterocycles. The summed E-state index contributed by atoms with van der Waals surface area (Å²) >= 11 is 5.96. The Morgan fingerprint density at radius 2 is 2.22 bits per heavy atom. The highest BCUT2D eigenvalue weighted by Gasteiger charge is 2.40. The molecule has 6 nitrogen and oxygen atoms in total. The molecule has 2 rings (SSSR count). The molecular weight excluding hydrogens is 320 g/mol. The van der Waals surface area contributed by atoms with Gasteiger partial charge in [0.05, 0.1) is 13.7 Å². The van der Waals surface area contributed by atoms with Gasteiger partial charge in [-0.15, -0.1) is 0 Å². The van der Waals surface area contributed by atoms with Crippen LogP contribution < -0.4 is 10.1 Å². The second-order valence-electron chi connectivity index (χ2n) is 5.71. The molecule has 1 heterocycles. The molecule has 1 fully saturated rings. The van der Waals surface area contributed by atoms with E-state index in [1.807, 2.05) is 0 Å². The van der Waals surface area contributed by atoms with Crippen molar-refractivity contribution in [2.24, 2.45) is 0 Å². The van der Waals surface area contributed by atoms with E-state index >= 15 is 0 Å². The normalized spacial score (nSPS) is 21.0. The van der Waals surface area contributed by atoms with Crippen LogP contribution in [0.15, 0.2) is 18.2 Å². The Hall–Kier alpha value is -1.79. The number of carbonyl (C=O) groups excluding carboxylic acids is 2. The number of ether oxygens (including phenoxy) is 1. The van der Waals surface area contributed by atoms with Crippen LogP contribution in [0, 0.1) is 0 Å². The fourth-order valence-electron chi connectivity index (χ4n) is 2.72. The highest BCUT2D eigenvalue weighted by atomic mass is 35.5. The Balaban J connectivity index is 2.04. The number of nitrogens with one attached hydrogen (secondary N) is 1. The first kappa shape index (κ1) is 17.6. The van der Waals surface area contributed by atoms with Crippen LogP contribution in [-0.4, -0.2) is 47.6 Å². The molecule has 23 heavy (non-hydrogen) atoms. The van der Waals surface area contributed by atoms with E-state index in [1.165, 1.54) is 18.9 Å². The maximum absolute atomic E-state index is 12.4. The highest BCUT2D eigenvalue weighted by molar-refractivity contribution is 6.30. The fraction of sp³-hybridized carbons (Fsp3) is 0.500. The molecule has 0 aliphatic carbocycles. The van der Waals surface area contributed by atoms with E-state index in [0.717, 1.165) is 5.56 Å². The van der Waals surface area contributed by atoms with Gasteiger partial charge in [-0.05, 0) is 31.0 Å². The minimum atomic E-state index is -1.56. The third-order valence-electron chi connectivity index (χ3n) is 4.02. The summed E-state index contributed by atoms with van der Waals surface area (Å²) < 4.78 is 5.23. The molecule has 0 bridgehead atoms. The first-order valence-electron chi connectivity index (χ1n) is 7.44. The van der Waals surface area contributed by atoms with Gasteiger partial charge in [0.25, 0.3) is 5.91 Å². The van der Waals surface area contributed by atoms with Gasteiger partial charge in [-0.2, -0.15) is 0 Å². The number of likely N-dealkylation sites (tertiary alicyclic amines) is 1. The van der Waals surface area contributed by atoms with Gasteiger partial charge in [0.1, 0.15) is 5.75 Å². The van der Waals surface area contributed by atoms with Crippen molar-refractivity contribution in [2.75, 3.05) is 20.2 Å². The molecule has 0 spiro atoms. The maximum Gasteiger partial charge on any atom is 0.254 e. The zero-order valence-corrected chi connectivity index (χ0v) is 14.0. The number of β-amino-alcohol motifs (C(OH)–C–C–N with tert-alkyl or cyclic N) is 1. The summed E-state index contributed by atoms with van der Waals surface area (Å²) in [4.78, 5) is 25.3. The standard InChI is InChI=1S/C16H21ClN2O4/c1-11(20)19-7-3-6-16(22,10-19)15(21)18-9-12-8-13(17)4-5-14(12)23-2/h4-5,8,22H,3,6-7,9-10H2,1-2H3,(H,18,21)/t16-/m0/s1. The minimum absolute atomic E-state index is 0.0147. The molecule has 0 radical (unpaired) electrons. The molecule has 0 saturated carbocycles. The van der Waals surface area contributed by atoms with Crippen LogP contribution in [0.5, 0.6) is 5.75 Å². The lowest BCUT2D eigenvalue weighted by Crippen LogP contribution is -2.57. The third-order valence-corrected chi connectivity index (χ3v) is 4.26. The average molecular weight is 341 g/mol. The van der Waals surface area contributed by atoms with Crippen molar-refractivity contribution in [3.63, 3.8) is 0 Å². The predicted molar refractivity (Wildman–Crippen MR) is 86.3 cm³/mol. The van der Waals surface area contributed by atoms with E-state index < -0.39 is 11.5 Å². The quantitative estimate of drug-likeness (QED) is 0.867. The molecule has 0 aromatic heterocycles. The smallest absolute Gasteiger partial charge is 0.254 e. The molecule has 2 amide bonds. The number of carbonyl (C=O) groups is 2. The van der Waals surface area contributed by atoms with Crippen molar-refractivity contribution in [1.82, 2.24) is 10.2 Å². The first-order chi connectivity index (χ1) is 10.9. The maximum atomic E-state index is 12.4. The lowest BCUT2D eigenvalue weighted by molar-refractivity contribution is -0.150. The lowest BCUT2D eigenvalue weighted by Gasteiger charge is -2.37. The molecule has 126 valence electrons.